The second-order valence-corrected chi connectivity index (χ2v) is 7.37. The lowest BCUT2D eigenvalue weighted by atomic mass is 10.0. The molecule has 0 aliphatic carbocycles. The maximum atomic E-state index is 12.9. The summed E-state index contributed by atoms with van der Waals surface area (Å²) in [6.45, 7) is -0.277. The number of ether oxygens (including phenoxy) is 3. The van der Waals surface area contributed by atoms with E-state index in [2.05, 4.69) is 10.3 Å². The largest absolute Gasteiger partial charge is 0.497 e. The van der Waals surface area contributed by atoms with Crippen LogP contribution in [0.25, 0.3) is 0 Å². The molecule has 0 radical (unpaired) electrons. The number of nitrogens with zero attached hydrogens (tertiary/aromatic N) is 3. The smallest absolute Gasteiger partial charge is 0.284 e. The van der Waals surface area contributed by atoms with Gasteiger partial charge in [-0.15, -0.1) is 0 Å². The van der Waals surface area contributed by atoms with Crippen molar-refractivity contribution >= 4 is 17.8 Å². The van der Waals surface area contributed by atoms with E-state index in [0.29, 0.717) is 23.7 Å². The minimum absolute atomic E-state index is 0.277. The van der Waals surface area contributed by atoms with Crippen LogP contribution in [-0.4, -0.2) is 50.8 Å². The van der Waals surface area contributed by atoms with Crippen LogP contribution in [0.2, 0.25) is 0 Å². The van der Waals surface area contributed by atoms with Crippen molar-refractivity contribution in [2.24, 2.45) is 10.3 Å². The number of oxime groups is 1. The van der Waals surface area contributed by atoms with Gasteiger partial charge in [0.2, 0.25) is 0 Å². The Labute approximate surface area is 197 Å². The number of rotatable bonds is 9. The summed E-state index contributed by atoms with van der Waals surface area (Å²) in [6.07, 6.45) is 3.59. The highest BCUT2D eigenvalue weighted by Crippen LogP contribution is 2.33. The van der Waals surface area contributed by atoms with Crippen LogP contribution in [0, 0.1) is 0 Å². The first kappa shape index (κ1) is 22.9. The number of methoxy groups -OCH3 is 3. The molecule has 1 aliphatic rings. The Bertz CT molecular complexity index is 1170. The number of carbonyl (C=O) groups is 1. The van der Waals surface area contributed by atoms with Crippen molar-refractivity contribution in [3.05, 3.63) is 77.7 Å². The SMILES string of the molecule is COc1ccc(C2=NN(C(=O)CO/N=C/c3ccc(OC)c(OC)c3)C(c3ccco3)C2)cc1. The molecule has 0 saturated heterocycles. The fourth-order valence-corrected chi connectivity index (χ4v) is 3.59. The van der Waals surface area contributed by atoms with Gasteiger partial charge in [0, 0.05) is 12.0 Å². The minimum Gasteiger partial charge on any atom is -0.497 e. The van der Waals surface area contributed by atoms with Crippen LogP contribution in [0.5, 0.6) is 17.2 Å². The van der Waals surface area contributed by atoms with Gasteiger partial charge in [-0.3, -0.25) is 4.79 Å². The summed E-state index contributed by atoms with van der Waals surface area (Å²) in [5, 5.41) is 9.87. The number of hydrogen-bond acceptors (Lipinski definition) is 8. The van der Waals surface area contributed by atoms with E-state index in [1.165, 1.54) is 11.2 Å². The number of carbonyl (C=O) groups excluding carboxylic acids is 1. The van der Waals surface area contributed by atoms with Crippen LogP contribution < -0.4 is 14.2 Å². The summed E-state index contributed by atoms with van der Waals surface area (Å²) < 4.78 is 21.3. The van der Waals surface area contributed by atoms with E-state index < -0.39 is 0 Å². The van der Waals surface area contributed by atoms with Crippen molar-refractivity contribution in [3.63, 3.8) is 0 Å². The first-order valence-corrected chi connectivity index (χ1v) is 10.6. The van der Waals surface area contributed by atoms with E-state index >= 15 is 0 Å². The molecule has 0 spiro atoms. The third kappa shape index (κ3) is 5.03. The van der Waals surface area contributed by atoms with E-state index in [0.717, 1.165) is 22.6 Å². The molecule has 1 amide bonds. The fraction of sp³-hybridized carbons (Fsp3) is 0.240. The normalized spacial score (nSPS) is 15.3. The molecule has 176 valence electrons. The van der Waals surface area contributed by atoms with E-state index in [1.54, 1.807) is 51.9 Å². The first-order chi connectivity index (χ1) is 16.6. The zero-order valence-corrected chi connectivity index (χ0v) is 19.1. The molecule has 1 aromatic heterocycles. The van der Waals surface area contributed by atoms with Gasteiger partial charge >= 0.3 is 0 Å². The van der Waals surface area contributed by atoms with Crippen LogP contribution in [-0.2, 0) is 9.63 Å². The number of furan rings is 1. The summed E-state index contributed by atoms with van der Waals surface area (Å²) in [7, 11) is 4.74. The second-order valence-electron chi connectivity index (χ2n) is 7.37. The van der Waals surface area contributed by atoms with Gasteiger partial charge in [0.1, 0.15) is 17.6 Å². The molecule has 1 aliphatic heterocycles. The summed E-state index contributed by atoms with van der Waals surface area (Å²) in [5.41, 5.74) is 2.41. The quantitative estimate of drug-likeness (QED) is 0.351. The van der Waals surface area contributed by atoms with Crippen LogP contribution in [0.3, 0.4) is 0 Å². The molecular formula is C25H25N3O6. The number of hydrazone groups is 1. The molecule has 0 N–H and O–H groups in total. The summed E-state index contributed by atoms with van der Waals surface area (Å²) in [5.74, 6) is 2.24. The second kappa shape index (κ2) is 10.6. The number of hydrogen-bond donors (Lipinski definition) is 0. The monoisotopic (exact) mass is 463 g/mol. The van der Waals surface area contributed by atoms with Crippen LogP contribution >= 0.6 is 0 Å². The molecule has 0 fully saturated rings. The predicted octanol–water partition coefficient (Wildman–Crippen LogP) is 4.03. The van der Waals surface area contributed by atoms with Crippen molar-refractivity contribution in [1.82, 2.24) is 5.01 Å². The molecule has 9 heteroatoms. The lowest BCUT2D eigenvalue weighted by Gasteiger charge is -2.19. The first-order valence-electron chi connectivity index (χ1n) is 10.6. The third-order valence-corrected chi connectivity index (χ3v) is 5.33. The minimum atomic E-state index is -0.363. The number of amides is 1. The van der Waals surface area contributed by atoms with Crippen molar-refractivity contribution in [2.45, 2.75) is 12.5 Å². The molecule has 3 aromatic rings. The highest BCUT2D eigenvalue weighted by Gasteiger charge is 2.35. The van der Waals surface area contributed by atoms with E-state index in [-0.39, 0.29) is 18.6 Å². The van der Waals surface area contributed by atoms with Gasteiger partial charge in [-0.05, 0) is 60.2 Å². The topological polar surface area (TPSA) is 95.1 Å². The molecule has 34 heavy (non-hydrogen) atoms. The number of benzene rings is 2. The summed E-state index contributed by atoms with van der Waals surface area (Å²) in [4.78, 5) is 18.2. The Morgan fingerprint density at radius 1 is 1.09 bits per heavy atom. The van der Waals surface area contributed by atoms with Crippen molar-refractivity contribution < 1.29 is 28.3 Å². The Morgan fingerprint density at radius 2 is 1.88 bits per heavy atom. The molecule has 9 nitrogen and oxygen atoms in total. The van der Waals surface area contributed by atoms with Gasteiger partial charge in [0.25, 0.3) is 5.91 Å². The predicted molar refractivity (Wildman–Crippen MR) is 126 cm³/mol. The summed E-state index contributed by atoms with van der Waals surface area (Å²) >= 11 is 0. The Balaban J connectivity index is 1.45. The maximum Gasteiger partial charge on any atom is 0.284 e. The standard InChI is InChI=1S/C25H25N3O6/c1-30-19-9-7-18(8-10-19)20-14-21(22-5-4-12-33-22)28(27-20)25(29)16-34-26-15-17-6-11-23(31-2)24(13-17)32-3/h4-13,15,21H,14,16H2,1-3H3/b26-15+. The van der Waals surface area contributed by atoms with Gasteiger partial charge in [0.05, 0.1) is 39.5 Å². The molecule has 4 rings (SSSR count). The average molecular weight is 463 g/mol. The third-order valence-electron chi connectivity index (χ3n) is 5.33. The molecule has 2 heterocycles. The molecular weight excluding hydrogens is 438 g/mol. The van der Waals surface area contributed by atoms with E-state index in [9.17, 15) is 4.79 Å². The lowest BCUT2D eigenvalue weighted by molar-refractivity contribution is -0.138. The van der Waals surface area contributed by atoms with Crippen LogP contribution in [0.1, 0.15) is 29.3 Å². The molecule has 1 unspecified atom stereocenters. The van der Waals surface area contributed by atoms with E-state index in [4.69, 9.17) is 23.5 Å². The Morgan fingerprint density at radius 3 is 2.56 bits per heavy atom. The van der Waals surface area contributed by atoms with Crippen molar-refractivity contribution in [3.8, 4) is 17.2 Å². The van der Waals surface area contributed by atoms with Crippen LogP contribution in [0.4, 0.5) is 0 Å². The molecule has 1 atom stereocenters. The average Bonchev–Trinajstić information content (AvgIpc) is 3.57. The van der Waals surface area contributed by atoms with Crippen molar-refractivity contribution in [2.75, 3.05) is 27.9 Å². The maximum absolute atomic E-state index is 12.9. The highest BCUT2D eigenvalue weighted by atomic mass is 16.6. The van der Waals surface area contributed by atoms with E-state index in [1.807, 2.05) is 30.3 Å². The van der Waals surface area contributed by atoms with Crippen LogP contribution in [0.15, 0.2) is 75.5 Å². The van der Waals surface area contributed by atoms with Gasteiger partial charge in [0.15, 0.2) is 18.1 Å². The van der Waals surface area contributed by atoms with Gasteiger partial charge in [-0.1, -0.05) is 5.16 Å². The zero-order valence-electron chi connectivity index (χ0n) is 19.1. The van der Waals surface area contributed by atoms with Gasteiger partial charge < -0.3 is 23.5 Å². The Hall–Kier alpha value is -4.27. The fourth-order valence-electron chi connectivity index (χ4n) is 3.59. The highest BCUT2D eigenvalue weighted by molar-refractivity contribution is 6.03. The van der Waals surface area contributed by atoms with Crippen molar-refractivity contribution in [1.29, 1.82) is 0 Å². The van der Waals surface area contributed by atoms with Gasteiger partial charge in [-0.25, -0.2) is 5.01 Å². The molecule has 2 aromatic carbocycles. The summed E-state index contributed by atoms with van der Waals surface area (Å²) in [6, 6.07) is 16.1. The zero-order chi connectivity index (χ0) is 23.9. The molecule has 0 saturated carbocycles. The lowest BCUT2D eigenvalue weighted by Crippen LogP contribution is -2.29. The van der Waals surface area contributed by atoms with Gasteiger partial charge in [-0.2, -0.15) is 5.10 Å². The Kier molecular flexibility index (Phi) is 7.12. The molecule has 0 bridgehead atoms.